The largest absolute Gasteiger partial charge is 0.379 e. The minimum Gasteiger partial charge on any atom is -0.379 e. The van der Waals surface area contributed by atoms with Crippen LogP contribution in [0.5, 0.6) is 0 Å². The first-order chi connectivity index (χ1) is 17.9. The molecular weight excluding hydrogens is 567 g/mol. The molecule has 1 aromatic heterocycles. The van der Waals surface area contributed by atoms with Crippen LogP contribution in [-0.4, -0.2) is 81.0 Å². The fraction of sp³-hybridized carbons (Fsp3) is 0.462. The Morgan fingerprint density at radius 3 is 2.42 bits per heavy atom. The number of aromatic nitrogens is 1. The van der Waals surface area contributed by atoms with Gasteiger partial charge in [0.05, 0.1) is 27.8 Å². The number of para-hydroxylation sites is 1. The SMILES string of the molecule is Cl.O=C(c1ccc(S(=O)(=O)N2CCCCC2)cc1)N(CCCN1CCOCC1)c1nc2c(Cl)cccc2s1. The summed E-state index contributed by atoms with van der Waals surface area (Å²) < 4.78 is 34.0. The predicted octanol–water partition coefficient (Wildman–Crippen LogP) is 4.92. The van der Waals surface area contributed by atoms with Gasteiger partial charge in [0.2, 0.25) is 10.0 Å². The normalized spacial score (nSPS) is 17.3. The van der Waals surface area contributed by atoms with Crippen LogP contribution in [-0.2, 0) is 14.8 Å². The van der Waals surface area contributed by atoms with Crippen LogP contribution in [0.3, 0.4) is 0 Å². The van der Waals surface area contributed by atoms with E-state index in [0.29, 0.717) is 40.9 Å². The number of carbonyl (C=O) groups excluding carboxylic acids is 1. The summed E-state index contributed by atoms with van der Waals surface area (Å²) in [4.78, 5) is 22.7. The van der Waals surface area contributed by atoms with Crippen LogP contribution in [0.4, 0.5) is 5.13 Å². The summed E-state index contributed by atoms with van der Waals surface area (Å²) >= 11 is 7.79. The highest BCUT2D eigenvalue weighted by Crippen LogP contribution is 2.33. The van der Waals surface area contributed by atoms with Gasteiger partial charge < -0.3 is 4.74 Å². The van der Waals surface area contributed by atoms with Crippen molar-refractivity contribution in [2.45, 2.75) is 30.6 Å². The lowest BCUT2D eigenvalue weighted by Crippen LogP contribution is -2.39. The Labute approximate surface area is 239 Å². The van der Waals surface area contributed by atoms with E-state index < -0.39 is 10.0 Å². The van der Waals surface area contributed by atoms with Crippen LogP contribution >= 0.6 is 35.3 Å². The van der Waals surface area contributed by atoms with Crippen molar-refractivity contribution in [3.8, 4) is 0 Å². The van der Waals surface area contributed by atoms with Gasteiger partial charge in [-0.1, -0.05) is 35.4 Å². The molecule has 0 bridgehead atoms. The van der Waals surface area contributed by atoms with Gasteiger partial charge >= 0.3 is 0 Å². The number of amides is 1. The molecule has 12 heteroatoms. The summed E-state index contributed by atoms with van der Waals surface area (Å²) in [7, 11) is -3.56. The number of thiazole rings is 1. The number of benzene rings is 2. The van der Waals surface area contributed by atoms with E-state index in [1.165, 1.54) is 27.8 Å². The zero-order chi connectivity index (χ0) is 25.8. The molecule has 2 saturated heterocycles. The first-order valence-electron chi connectivity index (χ1n) is 12.7. The van der Waals surface area contributed by atoms with Crippen molar-refractivity contribution in [2.75, 3.05) is 57.4 Å². The number of carbonyl (C=O) groups is 1. The smallest absolute Gasteiger partial charge is 0.260 e. The molecule has 0 atom stereocenters. The summed E-state index contributed by atoms with van der Waals surface area (Å²) in [5.74, 6) is -0.209. The molecule has 2 aliphatic rings. The van der Waals surface area contributed by atoms with Gasteiger partial charge in [0.15, 0.2) is 5.13 Å². The minimum absolute atomic E-state index is 0. The number of morpholine rings is 1. The first-order valence-corrected chi connectivity index (χ1v) is 15.3. The maximum Gasteiger partial charge on any atom is 0.260 e. The highest BCUT2D eigenvalue weighted by atomic mass is 35.5. The number of nitrogens with zero attached hydrogens (tertiary/aromatic N) is 4. The van der Waals surface area contributed by atoms with Gasteiger partial charge in [0.1, 0.15) is 5.52 Å². The Morgan fingerprint density at radius 1 is 1.03 bits per heavy atom. The molecule has 3 heterocycles. The highest BCUT2D eigenvalue weighted by Gasteiger charge is 2.27. The van der Waals surface area contributed by atoms with E-state index in [9.17, 15) is 13.2 Å². The van der Waals surface area contributed by atoms with E-state index in [4.69, 9.17) is 21.3 Å². The number of fused-ring (bicyclic) bond motifs is 1. The summed E-state index contributed by atoms with van der Waals surface area (Å²) in [6.07, 6.45) is 3.58. The number of hydrogen-bond donors (Lipinski definition) is 0. The number of piperidine rings is 1. The number of halogens is 2. The lowest BCUT2D eigenvalue weighted by atomic mass is 10.2. The molecule has 0 radical (unpaired) electrons. The van der Waals surface area contributed by atoms with Crippen LogP contribution in [0.2, 0.25) is 5.02 Å². The second-order valence-electron chi connectivity index (χ2n) is 9.34. The number of anilines is 1. The van der Waals surface area contributed by atoms with Crippen LogP contribution in [0.1, 0.15) is 36.0 Å². The highest BCUT2D eigenvalue weighted by molar-refractivity contribution is 7.89. The topological polar surface area (TPSA) is 83.1 Å². The number of hydrogen-bond acceptors (Lipinski definition) is 7. The molecule has 206 valence electrons. The maximum atomic E-state index is 13.7. The van der Waals surface area contributed by atoms with Crippen LogP contribution in [0.25, 0.3) is 10.2 Å². The second-order valence-corrected chi connectivity index (χ2v) is 12.7. The minimum atomic E-state index is -3.56. The van der Waals surface area contributed by atoms with Gasteiger partial charge in [-0.05, 0) is 55.7 Å². The first kappa shape index (κ1) is 29.2. The van der Waals surface area contributed by atoms with Crippen molar-refractivity contribution >= 4 is 66.6 Å². The van der Waals surface area contributed by atoms with E-state index in [0.717, 1.165) is 63.2 Å². The molecule has 38 heavy (non-hydrogen) atoms. The van der Waals surface area contributed by atoms with Crippen LogP contribution in [0.15, 0.2) is 47.4 Å². The molecule has 8 nitrogen and oxygen atoms in total. The average molecular weight is 600 g/mol. The average Bonchev–Trinajstić information content (AvgIpc) is 3.37. The van der Waals surface area contributed by atoms with E-state index in [2.05, 4.69) is 4.90 Å². The van der Waals surface area contributed by atoms with E-state index >= 15 is 0 Å². The van der Waals surface area contributed by atoms with E-state index in [-0.39, 0.29) is 23.2 Å². The lowest BCUT2D eigenvalue weighted by Gasteiger charge is -2.28. The number of ether oxygens (including phenoxy) is 1. The molecule has 0 saturated carbocycles. The third-order valence-corrected chi connectivity index (χ3v) is 10.1. The standard InChI is InChI=1S/C26H31ClN4O4S2.ClH/c27-22-6-4-7-23-24(22)28-26(36-23)31(15-5-12-29-16-18-35-19-17-29)25(32)20-8-10-21(11-9-20)37(33,34)30-13-2-1-3-14-30;/h4,6-11H,1-3,5,12-19H2;1H. The summed E-state index contributed by atoms with van der Waals surface area (Å²) in [5.41, 5.74) is 1.10. The molecule has 0 aliphatic carbocycles. The van der Waals surface area contributed by atoms with Gasteiger partial charge in [0, 0.05) is 44.8 Å². The Morgan fingerprint density at radius 2 is 1.74 bits per heavy atom. The van der Waals surface area contributed by atoms with Crippen LogP contribution < -0.4 is 4.90 Å². The Hall–Kier alpha value is -1.79. The quantitative estimate of drug-likeness (QED) is 0.366. The molecule has 2 fully saturated rings. The summed E-state index contributed by atoms with van der Waals surface area (Å²) in [6.45, 7) is 5.65. The van der Waals surface area contributed by atoms with Gasteiger partial charge in [-0.2, -0.15) is 4.31 Å². The van der Waals surface area contributed by atoms with Crippen molar-refractivity contribution in [3.05, 3.63) is 53.1 Å². The molecule has 2 aliphatic heterocycles. The Balaban J connectivity index is 0.00000336. The molecule has 0 N–H and O–H groups in total. The predicted molar refractivity (Wildman–Crippen MR) is 154 cm³/mol. The summed E-state index contributed by atoms with van der Waals surface area (Å²) in [5, 5.41) is 1.13. The fourth-order valence-electron chi connectivity index (χ4n) is 4.76. The zero-order valence-electron chi connectivity index (χ0n) is 21.1. The fourth-order valence-corrected chi connectivity index (χ4v) is 7.57. The van der Waals surface area contributed by atoms with Gasteiger partial charge in [-0.15, -0.1) is 12.4 Å². The molecule has 2 aromatic carbocycles. The van der Waals surface area contributed by atoms with Crippen molar-refractivity contribution in [2.24, 2.45) is 0 Å². The zero-order valence-corrected chi connectivity index (χ0v) is 24.3. The second kappa shape index (κ2) is 13.0. The maximum absolute atomic E-state index is 13.7. The Kier molecular flexibility index (Phi) is 10.0. The van der Waals surface area contributed by atoms with E-state index in [1.54, 1.807) is 23.1 Å². The third kappa shape index (κ3) is 6.50. The third-order valence-electron chi connectivity index (χ3n) is 6.85. The van der Waals surface area contributed by atoms with Crippen molar-refractivity contribution in [1.29, 1.82) is 0 Å². The molecule has 1 amide bonds. The number of rotatable bonds is 8. The molecule has 3 aromatic rings. The van der Waals surface area contributed by atoms with Crippen molar-refractivity contribution < 1.29 is 17.9 Å². The van der Waals surface area contributed by atoms with Crippen LogP contribution in [0, 0.1) is 0 Å². The number of sulfonamides is 1. The molecule has 0 spiro atoms. The molecule has 5 rings (SSSR count). The Bertz CT molecular complexity index is 1340. The molecule has 0 unspecified atom stereocenters. The monoisotopic (exact) mass is 598 g/mol. The van der Waals surface area contributed by atoms with E-state index in [1.807, 2.05) is 12.1 Å². The van der Waals surface area contributed by atoms with Gasteiger partial charge in [0.25, 0.3) is 5.91 Å². The molecular formula is C26H32Cl2N4O4S2. The van der Waals surface area contributed by atoms with Gasteiger partial charge in [-0.3, -0.25) is 14.6 Å². The summed E-state index contributed by atoms with van der Waals surface area (Å²) in [6, 6.07) is 11.9. The van der Waals surface area contributed by atoms with Crippen molar-refractivity contribution in [1.82, 2.24) is 14.2 Å². The van der Waals surface area contributed by atoms with Crippen molar-refractivity contribution in [3.63, 3.8) is 0 Å². The van der Waals surface area contributed by atoms with Gasteiger partial charge in [-0.25, -0.2) is 13.4 Å². The lowest BCUT2D eigenvalue weighted by molar-refractivity contribution is 0.0376.